The average molecular weight is 654 g/mol. The predicted octanol–water partition coefficient (Wildman–Crippen LogP) is 9.47. The van der Waals surface area contributed by atoms with E-state index in [0.717, 1.165) is 63.0 Å². The van der Waals surface area contributed by atoms with Gasteiger partial charge >= 0.3 is 0 Å². The lowest BCUT2D eigenvalue weighted by Gasteiger charge is -2.49. The molecule has 0 saturated heterocycles. The van der Waals surface area contributed by atoms with Crippen molar-refractivity contribution in [2.75, 3.05) is 0 Å². The largest absolute Gasteiger partial charge is 0.457 e. The predicted molar refractivity (Wildman–Crippen MR) is 201 cm³/mol. The first-order chi connectivity index (χ1) is 25.3. The minimum absolute atomic E-state index is 0.0665. The number of allylic oxidation sites excluding steroid dienone is 3. The van der Waals surface area contributed by atoms with Crippen molar-refractivity contribution in [1.82, 2.24) is 15.3 Å². The first-order valence-electron chi connectivity index (χ1n) is 17.4. The number of nitrogens with one attached hydrogen (secondary N) is 1. The van der Waals surface area contributed by atoms with Crippen LogP contribution in [0.5, 0.6) is 11.5 Å². The number of aromatic nitrogens is 2. The molecule has 4 aromatic carbocycles. The molecule has 51 heavy (non-hydrogen) atoms. The number of dihydropyridines is 1. The van der Waals surface area contributed by atoms with E-state index in [9.17, 15) is 0 Å². The van der Waals surface area contributed by atoms with E-state index in [1.54, 1.807) is 12.3 Å². The van der Waals surface area contributed by atoms with Crippen LogP contribution in [0.1, 0.15) is 40.3 Å². The Morgan fingerprint density at radius 2 is 1.57 bits per heavy atom. The van der Waals surface area contributed by atoms with Crippen LogP contribution in [-0.2, 0) is 5.41 Å². The van der Waals surface area contributed by atoms with Crippen LogP contribution >= 0.6 is 0 Å². The lowest BCUT2D eigenvalue weighted by molar-refractivity contribution is 0.331. The molecule has 1 spiro atoms. The molecule has 0 amide bonds. The van der Waals surface area contributed by atoms with Gasteiger partial charge in [-0.25, -0.2) is 9.97 Å². The highest BCUT2D eigenvalue weighted by Crippen LogP contribution is 2.61. The number of ether oxygens (including phenoxy) is 1. The molecule has 0 saturated carbocycles. The Bertz CT molecular complexity index is 2490. The maximum Gasteiger partial charge on any atom is 0.136 e. The Balaban J connectivity index is 1.17. The molecule has 4 unspecified atom stereocenters. The van der Waals surface area contributed by atoms with E-state index in [4.69, 9.17) is 9.72 Å². The molecule has 2 aliphatic heterocycles. The van der Waals surface area contributed by atoms with E-state index in [-0.39, 0.29) is 17.9 Å². The summed E-state index contributed by atoms with van der Waals surface area (Å²) in [6.45, 7) is 0. The van der Waals surface area contributed by atoms with Gasteiger partial charge < -0.3 is 10.1 Å². The molecule has 4 heterocycles. The summed E-state index contributed by atoms with van der Waals surface area (Å²) in [6, 6.07) is 48.5. The topological polar surface area (TPSA) is 47.0 Å². The number of rotatable bonds is 4. The van der Waals surface area contributed by atoms with Gasteiger partial charge in [0.15, 0.2) is 0 Å². The molecule has 4 atom stereocenters. The summed E-state index contributed by atoms with van der Waals surface area (Å²) in [4.78, 5) is 9.69. The molecule has 2 aliphatic carbocycles. The van der Waals surface area contributed by atoms with Crippen molar-refractivity contribution in [3.63, 3.8) is 0 Å². The van der Waals surface area contributed by atoms with Crippen molar-refractivity contribution in [1.29, 1.82) is 0 Å². The summed E-state index contributed by atoms with van der Waals surface area (Å²) in [5, 5.41) is 3.70. The van der Waals surface area contributed by atoms with E-state index in [1.165, 1.54) is 16.7 Å². The van der Waals surface area contributed by atoms with Gasteiger partial charge in [0.1, 0.15) is 17.2 Å². The third-order valence-corrected chi connectivity index (χ3v) is 10.6. The monoisotopic (exact) mass is 653 g/mol. The Morgan fingerprint density at radius 3 is 2.45 bits per heavy atom. The first-order valence-corrected chi connectivity index (χ1v) is 17.4. The second-order valence-electron chi connectivity index (χ2n) is 13.4. The normalized spacial score (nSPS) is 21.8. The number of hydrogen-bond donors (Lipinski definition) is 1. The molecule has 4 heteroatoms. The molecular weight excluding hydrogens is 623 g/mol. The molecule has 10 rings (SSSR count). The fraction of sp³-hybridized carbons (Fsp3) is 0.106. The lowest BCUT2D eigenvalue weighted by atomic mass is 9.54. The molecule has 2 bridgehead atoms. The minimum Gasteiger partial charge on any atom is -0.457 e. The zero-order valence-electron chi connectivity index (χ0n) is 27.7. The van der Waals surface area contributed by atoms with Crippen molar-refractivity contribution in [3.05, 3.63) is 197 Å². The minimum atomic E-state index is -0.538. The number of benzene rings is 4. The van der Waals surface area contributed by atoms with Gasteiger partial charge in [0, 0.05) is 46.0 Å². The summed E-state index contributed by atoms with van der Waals surface area (Å²) in [7, 11) is 0. The quantitative estimate of drug-likeness (QED) is 0.193. The molecule has 0 fully saturated rings. The van der Waals surface area contributed by atoms with Gasteiger partial charge in [-0.1, -0.05) is 115 Å². The van der Waals surface area contributed by atoms with E-state index in [1.807, 2.05) is 12.1 Å². The number of fused-ring (bicyclic) bond motifs is 10. The van der Waals surface area contributed by atoms with Crippen molar-refractivity contribution in [3.8, 4) is 45.9 Å². The van der Waals surface area contributed by atoms with Crippen LogP contribution in [0, 0.1) is 29.9 Å². The van der Waals surface area contributed by atoms with Crippen molar-refractivity contribution in [2.45, 2.75) is 23.8 Å². The maximum absolute atomic E-state index is 6.76. The third-order valence-electron chi connectivity index (χ3n) is 10.6. The van der Waals surface area contributed by atoms with Crippen LogP contribution in [0.4, 0.5) is 0 Å². The first kappa shape index (κ1) is 29.3. The van der Waals surface area contributed by atoms with Crippen LogP contribution in [0.3, 0.4) is 0 Å². The van der Waals surface area contributed by atoms with Gasteiger partial charge in [-0.3, -0.25) is 0 Å². The van der Waals surface area contributed by atoms with E-state index in [0.29, 0.717) is 0 Å². The number of nitrogens with zero attached hydrogens (tertiary/aromatic N) is 2. The standard InChI is InChI=1S/C47H31N3O/c1-2-12-31(13-3-1)40-18-10-19-42(49-40)34-25-26-46-39(30-34)47(38-16-6-7-22-45(38)51-46)35-28-32(36-14-4-5-15-37(36)47)23-24-33(29-35)41-20-11-21-44(50-41)43-17-8-9-27-48-43/h1-7,9-16,18-22,25-27,29-30,32,35,41,50H,28H2. The molecule has 6 aromatic rings. The van der Waals surface area contributed by atoms with Crippen LogP contribution in [0.2, 0.25) is 0 Å². The van der Waals surface area contributed by atoms with Crippen LogP contribution in [-0.4, -0.2) is 16.0 Å². The Morgan fingerprint density at radius 1 is 0.765 bits per heavy atom. The zero-order valence-corrected chi connectivity index (χ0v) is 27.7. The molecule has 4 nitrogen and oxygen atoms in total. The summed E-state index contributed by atoms with van der Waals surface area (Å²) in [6.07, 6.45) is 11.4. The molecule has 1 N–H and O–H groups in total. The van der Waals surface area contributed by atoms with Gasteiger partial charge in [-0.2, -0.15) is 0 Å². The Labute approximate surface area is 297 Å². The smallest absolute Gasteiger partial charge is 0.136 e. The highest BCUT2D eigenvalue weighted by atomic mass is 16.5. The van der Waals surface area contributed by atoms with Crippen molar-refractivity contribution < 1.29 is 4.74 Å². The van der Waals surface area contributed by atoms with Gasteiger partial charge in [0.2, 0.25) is 0 Å². The summed E-state index contributed by atoms with van der Waals surface area (Å²) in [5.74, 6) is 9.29. The van der Waals surface area contributed by atoms with E-state index < -0.39 is 5.41 Å². The van der Waals surface area contributed by atoms with Gasteiger partial charge in [-0.05, 0) is 72.0 Å². The molecule has 240 valence electrons. The average Bonchev–Trinajstić information content (AvgIpc) is 3.42. The SMILES string of the molecule is C1#CC2CC(C=C1C1C=CC=C(c3c#cccn3)N1)C1(c3ccccc3Oc3ccc(-c4cccc(-c5ccccc5)n4)cc31)c1ccccc12. The third kappa shape index (κ3) is 4.73. The van der Waals surface area contributed by atoms with Crippen molar-refractivity contribution >= 4 is 5.70 Å². The van der Waals surface area contributed by atoms with Gasteiger partial charge in [0.25, 0.3) is 0 Å². The Hall–Kier alpha value is -6.62. The van der Waals surface area contributed by atoms with Crippen LogP contribution in [0.15, 0.2) is 157 Å². The summed E-state index contributed by atoms with van der Waals surface area (Å²) < 4.78 is 6.76. The fourth-order valence-corrected chi connectivity index (χ4v) is 8.43. The summed E-state index contributed by atoms with van der Waals surface area (Å²) in [5.41, 5.74) is 11.0. The molecular formula is C47H31N3O. The second-order valence-corrected chi connectivity index (χ2v) is 13.4. The van der Waals surface area contributed by atoms with Crippen LogP contribution in [0.25, 0.3) is 28.2 Å². The maximum atomic E-state index is 6.76. The number of para-hydroxylation sites is 1. The molecule has 4 aliphatic rings. The highest BCUT2D eigenvalue weighted by molar-refractivity contribution is 5.74. The molecule has 0 radical (unpaired) electrons. The van der Waals surface area contributed by atoms with Gasteiger partial charge in [0.05, 0.1) is 28.5 Å². The van der Waals surface area contributed by atoms with E-state index >= 15 is 0 Å². The van der Waals surface area contributed by atoms with Gasteiger partial charge in [-0.15, -0.1) is 0 Å². The number of pyridine rings is 1. The van der Waals surface area contributed by atoms with Crippen LogP contribution < -0.4 is 10.1 Å². The fourth-order valence-electron chi connectivity index (χ4n) is 8.43. The van der Waals surface area contributed by atoms with E-state index in [2.05, 4.69) is 162 Å². The Kier molecular flexibility index (Phi) is 6.76. The zero-order chi connectivity index (χ0) is 33.8. The highest BCUT2D eigenvalue weighted by Gasteiger charge is 2.53. The number of hydrogen-bond acceptors (Lipinski definition) is 4. The van der Waals surface area contributed by atoms with Crippen molar-refractivity contribution in [2.24, 2.45) is 5.92 Å². The summed E-state index contributed by atoms with van der Waals surface area (Å²) >= 11 is 0. The lowest BCUT2D eigenvalue weighted by Crippen LogP contribution is -2.44. The molecule has 2 aromatic heterocycles. The second kappa shape index (κ2) is 11.8.